The Morgan fingerprint density at radius 2 is 2.26 bits per heavy atom. The van der Waals surface area contributed by atoms with E-state index in [1.165, 1.54) is 25.7 Å². The Morgan fingerprint density at radius 3 is 2.95 bits per heavy atom. The zero-order valence-electron chi connectivity index (χ0n) is 11.5. The van der Waals surface area contributed by atoms with Crippen LogP contribution in [0.4, 0.5) is 5.95 Å². The molecule has 1 saturated heterocycles. The first kappa shape index (κ1) is 12.7. The molecular formula is C14H22N4O. The molecule has 1 aliphatic carbocycles. The lowest BCUT2D eigenvalue weighted by Crippen LogP contribution is -2.39. The molecule has 1 unspecified atom stereocenters. The molecule has 19 heavy (non-hydrogen) atoms. The smallest absolute Gasteiger partial charge is 0.228 e. The molecule has 1 aromatic heterocycles. The van der Waals surface area contributed by atoms with Gasteiger partial charge in [-0.25, -0.2) is 4.98 Å². The number of aromatic nitrogens is 2. The van der Waals surface area contributed by atoms with Crippen molar-refractivity contribution in [2.75, 3.05) is 31.6 Å². The Kier molecular flexibility index (Phi) is 3.82. The van der Waals surface area contributed by atoms with Crippen LogP contribution >= 0.6 is 0 Å². The average Bonchev–Trinajstić information content (AvgIpc) is 3.12. The van der Waals surface area contributed by atoms with E-state index in [-0.39, 0.29) is 0 Å². The molecule has 104 valence electrons. The van der Waals surface area contributed by atoms with Gasteiger partial charge in [0.1, 0.15) is 0 Å². The summed E-state index contributed by atoms with van der Waals surface area (Å²) in [5.41, 5.74) is 0. The first-order valence-corrected chi connectivity index (χ1v) is 7.20. The van der Waals surface area contributed by atoms with E-state index < -0.39 is 0 Å². The SMILES string of the molecule is COc1ccnc(N(CC2CC2)CC2CCCN2)n1. The van der Waals surface area contributed by atoms with Crippen LogP contribution in [0.25, 0.3) is 0 Å². The summed E-state index contributed by atoms with van der Waals surface area (Å²) in [6.07, 6.45) is 7.01. The second kappa shape index (κ2) is 5.74. The van der Waals surface area contributed by atoms with Crippen LogP contribution in [-0.2, 0) is 0 Å². The molecule has 5 nitrogen and oxygen atoms in total. The van der Waals surface area contributed by atoms with E-state index in [1.807, 2.05) is 0 Å². The standard InChI is InChI=1S/C14H22N4O/c1-19-13-6-8-16-14(17-13)18(9-11-4-5-11)10-12-3-2-7-15-12/h6,8,11-12,15H,2-5,7,9-10H2,1H3. The molecule has 5 heteroatoms. The van der Waals surface area contributed by atoms with E-state index in [9.17, 15) is 0 Å². The van der Waals surface area contributed by atoms with Gasteiger partial charge in [0.15, 0.2) is 0 Å². The minimum atomic E-state index is 0.577. The highest BCUT2D eigenvalue weighted by Gasteiger charge is 2.27. The average molecular weight is 262 g/mol. The molecule has 2 aliphatic rings. The Morgan fingerprint density at radius 1 is 1.37 bits per heavy atom. The summed E-state index contributed by atoms with van der Waals surface area (Å²) >= 11 is 0. The van der Waals surface area contributed by atoms with Crippen molar-refractivity contribution in [1.29, 1.82) is 0 Å². The zero-order valence-corrected chi connectivity index (χ0v) is 11.5. The van der Waals surface area contributed by atoms with Crippen molar-refractivity contribution in [3.05, 3.63) is 12.3 Å². The Balaban J connectivity index is 1.71. The molecule has 0 bridgehead atoms. The van der Waals surface area contributed by atoms with Crippen molar-refractivity contribution in [3.8, 4) is 5.88 Å². The maximum absolute atomic E-state index is 5.20. The van der Waals surface area contributed by atoms with E-state index in [4.69, 9.17) is 4.74 Å². The van der Waals surface area contributed by atoms with Crippen molar-refractivity contribution in [3.63, 3.8) is 0 Å². The van der Waals surface area contributed by atoms with Gasteiger partial charge in [0.25, 0.3) is 0 Å². The number of nitrogens with zero attached hydrogens (tertiary/aromatic N) is 3. The summed E-state index contributed by atoms with van der Waals surface area (Å²) in [4.78, 5) is 11.2. The van der Waals surface area contributed by atoms with Crippen molar-refractivity contribution in [2.45, 2.75) is 31.7 Å². The van der Waals surface area contributed by atoms with Gasteiger partial charge >= 0.3 is 0 Å². The van der Waals surface area contributed by atoms with Crippen LogP contribution in [0, 0.1) is 5.92 Å². The number of nitrogens with one attached hydrogen (secondary N) is 1. The lowest BCUT2D eigenvalue weighted by Gasteiger charge is -2.26. The van der Waals surface area contributed by atoms with Gasteiger partial charge in [0, 0.05) is 31.4 Å². The van der Waals surface area contributed by atoms with Crippen LogP contribution in [-0.4, -0.2) is 42.8 Å². The molecule has 1 aromatic rings. The summed E-state index contributed by atoms with van der Waals surface area (Å²) in [5.74, 6) is 2.28. The molecule has 2 heterocycles. The quantitative estimate of drug-likeness (QED) is 0.841. The van der Waals surface area contributed by atoms with Crippen molar-refractivity contribution >= 4 is 5.95 Å². The first-order valence-electron chi connectivity index (χ1n) is 7.20. The fourth-order valence-corrected chi connectivity index (χ4v) is 2.63. The van der Waals surface area contributed by atoms with Crippen molar-refractivity contribution < 1.29 is 4.74 Å². The molecule has 0 spiro atoms. The maximum Gasteiger partial charge on any atom is 0.228 e. The first-order chi connectivity index (χ1) is 9.35. The summed E-state index contributed by atoms with van der Waals surface area (Å²) < 4.78 is 5.20. The fraction of sp³-hybridized carbons (Fsp3) is 0.714. The highest BCUT2D eigenvalue weighted by Crippen LogP contribution is 2.31. The zero-order chi connectivity index (χ0) is 13.1. The van der Waals surface area contributed by atoms with Gasteiger partial charge in [-0.1, -0.05) is 0 Å². The van der Waals surface area contributed by atoms with Gasteiger partial charge in [-0.15, -0.1) is 0 Å². The van der Waals surface area contributed by atoms with E-state index in [2.05, 4.69) is 20.2 Å². The predicted molar refractivity (Wildman–Crippen MR) is 74.5 cm³/mol. The van der Waals surface area contributed by atoms with Crippen LogP contribution in [0.5, 0.6) is 5.88 Å². The normalized spacial score (nSPS) is 22.5. The predicted octanol–water partition coefficient (Wildman–Crippen LogP) is 1.45. The third-order valence-corrected chi connectivity index (χ3v) is 3.89. The maximum atomic E-state index is 5.20. The molecule has 2 fully saturated rings. The van der Waals surface area contributed by atoms with Gasteiger partial charge < -0.3 is 15.0 Å². The van der Waals surface area contributed by atoms with E-state index >= 15 is 0 Å². The van der Waals surface area contributed by atoms with E-state index in [0.717, 1.165) is 31.5 Å². The van der Waals surface area contributed by atoms with Crippen molar-refractivity contribution in [1.82, 2.24) is 15.3 Å². The van der Waals surface area contributed by atoms with E-state index in [1.54, 1.807) is 19.4 Å². The third kappa shape index (κ3) is 3.35. The number of hydrogen-bond acceptors (Lipinski definition) is 5. The van der Waals surface area contributed by atoms with Crippen LogP contribution < -0.4 is 15.0 Å². The minimum absolute atomic E-state index is 0.577. The highest BCUT2D eigenvalue weighted by molar-refractivity contribution is 5.33. The number of methoxy groups -OCH3 is 1. The van der Waals surface area contributed by atoms with Crippen LogP contribution in [0.15, 0.2) is 12.3 Å². The van der Waals surface area contributed by atoms with Gasteiger partial charge in [0.2, 0.25) is 11.8 Å². The second-order valence-corrected chi connectivity index (χ2v) is 5.54. The minimum Gasteiger partial charge on any atom is -0.481 e. The fourth-order valence-electron chi connectivity index (χ4n) is 2.63. The topological polar surface area (TPSA) is 50.3 Å². The molecule has 0 aromatic carbocycles. The van der Waals surface area contributed by atoms with E-state index in [0.29, 0.717) is 11.9 Å². The van der Waals surface area contributed by atoms with Gasteiger partial charge in [0.05, 0.1) is 7.11 Å². The number of anilines is 1. The summed E-state index contributed by atoms with van der Waals surface area (Å²) in [5, 5.41) is 3.55. The summed E-state index contributed by atoms with van der Waals surface area (Å²) in [7, 11) is 1.65. The van der Waals surface area contributed by atoms with Gasteiger partial charge in [-0.3, -0.25) is 0 Å². The van der Waals surface area contributed by atoms with Crippen LogP contribution in [0.3, 0.4) is 0 Å². The van der Waals surface area contributed by atoms with Crippen LogP contribution in [0.2, 0.25) is 0 Å². The largest absolute Gasteiger partial charge is 0.481 e. The molecule has 3 rings (SSSR count). The molecular weight excluding hydrogens is 240 g/mol. The van der Waals surface area contributed by atoms with Crippen molar-refractivity contribution in [2.24, 2.45) is 5.92 Å². The lowest BCUT2D eigenvalue weighted by molar-refractivity contribution is 0.396. The molecule has 1 aliphatic heterocycles. The lowest BCUT2D eigenvalue weighted by atomic mass is 10.2. The van der Waals surface area contributed by atoms with Crippen LogP contribution in [0.1, 0.15) is 25.7 Å². The number of rotatable bonds is 6. The molecule has 0 radical (unpaired) electrons. The van der Waals surface area contributed by atoms with Gasteiger partial charge in [-0.2, -0.15) is 4.98 Å². The Labute approximate surface area is 114 Å². The number of ether oxygens (including phenoxy) is 1. The second-order valence-electron chi connectivity index (χ2n) is 5.54. The monoisotopic (exact) mass is 262 g/mol. The Bertz CT molecular complexity index is 416. The summed E-state index contributed by atoms with van der Waals surface area (Å²) in [6.45, 7) is 3.22. The highest BCUT2D eigenvalue weighted by atomic mass is 16.5. The Hall–Kier alpha value is -1.36. The van der Waals surface area contributed by atoms with Gasteiger partial charge in [-0.05, 0) is 38.1 Å². The molecule has 1 N–H and O–H groups in total. The summed E-state index contributed by atoms with van der Waals surface area (Å²) in [6, 6.07) is 2.38. The molecule has 0 amide bonds. The molecule has 1 saturated carbocycles. The number of hydrogen-bond donors (Lipinski definition) is 1. The molecule has 1 atom stereocenters. The third-order valence-electron chi connectivity index (χ3n) is 3.89.